The van der Waals surface area contributed by atoms with E-state index in [0.717, 1.165) is 11.4 Å². The highest BCUT2D eigenvalue weighted by atomic mass is 32.1. The zero-order chi connectivity index (χ0) is 17.3. The van der Waals surface area contributed by atoms with Crippen LogP contribution in [-0.4, -0.2) is 17.7 Å². The molecule has 0 spiro atoms. The molecule has 1 aromatic heterocycles. The summed E-state index contributed by atoms with van der Waals surface area (Å²) in [6.45, 7) is 0. The first-order valence-corrected chi connectivity index (χ1v) is 8.52. The molecule has 0 bridgehead atoms. The summed E-state index contributed by atoms with van der Waals surface area (Å²) in [5.41, 5.74) is 7.62. The predicted octanol–water partition coefficient (Wildman–Crippen LogP) is 4.50. The molecule has 0 fully saturated rings. The Balaban J connectivity index is 1.77. The first-order valence-electron chi connectivity index (χ1n) is 7.64. The molecule has 5 nitrogen and oxygen atoms in total. The van der Waals surface area contributed by atoms with Gasteiger partial charge in [0.15, 0.2) is 5.71 Å². The molecule has 0 aliphatic carbocycles. The predicted molar refractivity (Wildman–Crippen MR) is 105 cm³/mol. The van der Waals surface area contributed by atoms with Gasteiger partial charge in [-0.1, -0.05) is 42.5 Å². The van der Waals surface area contributed by atoms with Gasteiger partial charge in [-0.25, -0.2) is 0 Å². The Bertz CT molecular complexity index is 859. The average molecular weight is 348 g/mol. The van der Waals surface area contributed by atoms with Gasteiger partial charge < -0.3 is 0 Å². The fourth-order valence-electron chi connectivity index (χ4n) is 1.99. The smallest absolute Gasteiger partial charge is 0.224 e. The Morgan fingerprint density at radius 1 is 0.840 bits per heavy atom. The summed E-state index contributed by atoms with van der Waals surface area (Å²) >= 11 is 1.37. The maximum atomic E-state index is 12.6. The van der Waals surface area contributed by atoms with Gasteiger partial charge in [-0.05, 0) is 35.7 Å². The largest absolute Gasteiger partial charge is 0.286 e. The van der Waals surface area contributed by atoms with Gasteiger partial charge in [0.2, 0.25) is 5.78 Å². The zero-order valence-electron chi connectivity index (χ0n) is 13.3. The second-order valence-electron chi connectivity index (χ2n) is 5.02. The van der Waals surface area contributed by atoms with Crippen molar-refractivity contribution in [1.82, 2.24) is 0 Å². The number of rotatable bonds is 7. The van der Waals surface area contributed by atoms with E-state index >= 15 is 0 Å². The van der Waals surface area contributed by atoms with Crippen molar-refractivity contribution in [3.8, 4) is 0 Å². The van der Waals surface area contributed by atoms with E-state index < -0.39 is 0 Å². The minimum absolute atomic E-state index is 0.183. The van der Waals surface area contributed by atoms with Crippen molar-refractivity contribution >= 4 is 40.4 Å². The van der Waals surface area contributed by atoms with Gasteiger partial charge >= 0.3 is 0 Å². The molecular formula is C19H16N4OS. The zero-order valence-corrected chi connectivity index (χ0v) is 14.1. The van der Waals surface area contributed by atoms with Crippen molar-refractivity contribution in [2.24, 2.45) is 10.2 Å². The third kappa shape index (κ3) is 4.86. The lowest BCUT2D eigenvalue weighted by molar-refractivity contribution is 0.107. The van der Waals surface area contributed by atoms with Crippen LogP contribution < -0.4 is 10.9 Å². The summed E-state index contributed by atoms with van der Waals surface area (Å²) in [4.78, 5) is 13.2. The Kier molecular flexibility index (Phi) is 5.68. The fraction of sp³-hybridized carbons (Fsp3) is 0. The summed E-state index contributed by atoms with van der Waals surface area (Å²) in [5.74, 6) is -0.183. The molecule has 2 N–H and O–H groups in total. The van der Waals surface area contributed by atoms with Gasteiger partial charge in [-0.3, -0.25) is 15.6 Å². The summed E-state index contributed by atoms with van der Waals surface area (Å²) in [5, 5.41) is 10.2. The second-order valence-corrected chi connectivity index (χ2v) is 5.97. The molecule has 0 saturated carbocycles. The molecule has 3 rings (SSSR count). The highest BCUT2D eigenvalue weighted by Crippen LogP contribution is 2.11. The van der Waals surface area contributed by atoms with Crippen molar-refractivity contribution in [3.05, 3.63) is 83.1 Å². The van der Waals surface area contributed by atoms with Crippen LogP contribution in [0.1, 0.15) is 9.67 Å². The van der Waals surface area contributed by atoms with Crippen molar-refractivity contribution in [1.29, 1.82) is 0 Å². The fourth-order valence-corrected chi connectivity index (χ4v) is 2.66. The standard InChI is InChI=1S/C19H16N4OS/c24-19(18-12-7-13-25-18)17(23-22-16-10-5-2-6-11-16)14-20-21-15-8-3-1-4-9-15/h1-14,21-22H/b20-14-,23-17-. The molecule has 25 heavy (non-hydrogen) atoms. The van der Waals surface area contributed by atoms with Gasteiger partial charge in [-0.15, -0.1) is 11.3 Å². The maximum Gasteiger partial charge on any atom is 0.224 e. The maximum absolute atomic E-state index is 12.6. The number of nitrogens with one attached hydrogen (secondary N) is 2. The van der Waals surface area contributed by atoms with E-state index in [2.05, 4.69) is 21.1 Å². The Morgan fingerprint density at radius 2 is 1.48 bits per heavy atom. The van der Waals surface area contributed by atoms with E-state index in [1.54, 1.807) is 6.07 Å². The molecule has 0 aliphatic heterocycles. The third-order valence-electron chi connectivity index (χ3n) is 3.21. The molecule has 124 valence electrons. The summed E-state index contributed by atoms with van der Waals surface area (Å²) in [6, 6.07) is 22.5. The minimum Gasteiger partial charge on any atom is -0.286 e. The van der Waals surface area contributed by atoms with Crippen LogP contribution in [0.3, 0.4) is 0 Å². The van der Waals surface area contributed by atoms with Gasteiger partial charge in [0.1, 0.15) is 0 Å². The van der Waals surface area contributed by atoms with Gasteiger partial charge in [0.25, 0.3) is 0 Å². The molecule has 3 aromatic rings. The van der Waals surface area contributed by atoms with Crippen LogP contribution in [0, 0.1) is 0 Å². The first kappa shape index (κ1) is 16.6. The van der Waals surface area contributed by atoms with Crippen LogP contribution >= 0.6 is 11.3 Å². The lowest BCUT2D eigenvalue weighted by Gasteiger charge is -2.03. The number of carbonyl (C=O) groups excluding carboxylic acids is 1. The average Bonchev–Trinajstić information content (AvgIpc) is 3.20. The molecule has 0 atom stereocenters. The third-order valence-corrected chi connectivity index (χ3v) is 4.08. The molecule has 0 amide bonds. The van der Waals surface area contributed by atoms with E-state index in [1.165, 1.54) is 17.6 Å². The van der Waals surface area contributed by atoms with Crippen LogP contribution in [0.4, 0.5) is 11.4 Å². The number of Topliss-reactive ketones (excluding diaryl/α,β-unsaturated/α-hetero) is 1. The van der Waals surface area contributed by atoms with E-state index in [4.69, 9.17) is 0 Å². The number of hydrogen-bond acceptors (Lipinski definition) is 6. The Morgan fingerprint density at radius 3 is 2.08 bits per heavy atom. The molecule has 0 unspecified atom stereocenters. The second kappa shape index (κ2) is 8.56. The van der Waals surface area contributed by atoms with E-state index in [-0.39, 0.29) is 11.5 Å². The highest BCUT2D eigenvalue weighted by Gasteiger charge is 2.13. The van der Waals surface area contributed by atoms with Gasteiger partial charge in [-0.2, -0.15) is 10.2 Å². The SMILES string of the molecule is O=C(C(/C=N\Nc1ccccc1)=N\Nc1ccccc1)c1cccs1. The number of hydrogen-bond donors (Lipinski definition) is 2. The molecule has 1 heterocycles. The molecule has 0 aliphatic rings. The van der Waals surface area contributed by atoms with E-state index in [0.29, 0.717) is 4.88 Å². The lowest BCUT2D eigenvalue weighted by atomic mass is 10.2. The van der Waals surface area contributed by atoms with Gasteiger partial charge in [0.05, 0.1) is 22.5 Å². The monoisotopic (exact) mass is 348 g/mol. The number of hydrazone groups is 2. The van der Waals surface area contributed by atoms with E-state index in [9.17, 15) is 4.79 Å². The van der Waals surface area contributed by atoms with Crippen molar-refractivity contribution < 1.29 is 4.79 Å². The normalized spacial score (nSPS) is 11.4. The van der Waals surface area contributed by atoms with Crippen LogP contribution in [0.5, 0.6) is 0 Å². The first-order chi connectivity index (χ1) is 12.3. The highest BCUT2D eigenvalue weighted by molar-refractivity contribution is 7.13. The topological polar surface area (TPSA) is 65.8 Å². The number of thiophene rings is 1. The summed E-state index contributed by atoms with van der Waals surface area (Å²) in [6.07, 6.45) is 1.42. The van der Waals surface area contributed by atoms with Crippen molar-refractivity contribution in [2.75, 3.05) is 10.9 Å². The van der Waals surface area contributed by atoms with Crippen molar-refractivity contribution in [2.45, 2.75) is 0 Å². The summed E-state index contributed by atoms with van der Waals surface area (Å²) < 4.78 is 0. The Labute approximate surface area is 149 Å². The molecular weight excluding hydrogens is 332 g/mol. The number of carbonyl (C=O) groups is 1. The van der Waals surface area contributed by atoms with E-state index in [1.807, 2.05) is 72.1 Å². The Hall–Kier alpha value is -3.25. The molecule has 6 heteroatoms. The number of para-hydroxylation sites is 2. The quantitative estimate of drug-likeness (QED) is 0.375. The number of benzene rings is 2. The number of anilines is 2. The van der Waals surface area contributed by atoms with Crippen molar-refractivity contribution in [3.63, 3.8) is 0 Å². The number of nitrogens with zero attached hydrogens (tertiary/aromatic N) is 2. The molecule has 0 radical (unpaired) electrons. The summed E-state index contributed by atoms with van der Waals surface area (Å²) in [7, 11) is 0. The molecule has 0 saturated heterocycles. The van der Waals surface area contributed by atoms with Crippen LogP contribution in [0.2, 0.25) is 0 Å². The van der Waals surface area contributed by atoms with Gasteiger partial charge in [0, 0.05) is 0 Å². The number of ketones is 1. The molecule has 2 aromatic carbocycles. The van der Waals surface area contributed by atoms with Crippen LogP contribution in [0.25, 0.3) is 0 Å². The van der Waals surface area contributed by atoms with Crippen LogP contribution in [0.15, 0.2) is 88.4 Å². The van der Waals surface area contributed by atoms with Crippen LogP contribution in [-0.2, 0) is 0 Å². The minimum atomic E-state index is -0.183. The lowest BCUT2D eigenvalue weighted by Crippen LogP contribution is -2.17.